The topological polar surface area (TPSA) is 68.5 Å². The maximum atomic E-state index is 12.8. The van der Waals surface area contributed by atoms with Gasteiger partial charge in [0.1, 0.15) is 5.75 Å². The van der Waals surface area contributed by atoms with Crippen LogP contribution in [0.5, 0.6) is 5.75 Å². The summed E-state index contributed by atoms with van der Waals surface area (Å²) in [6.45, 7) is 1.57. The van der Waals surface area contributed by atoms with E-state index >= 15 is 0 Å². The Balaban J connectivity index is 1.97. The van der Waals surface area contributed by atoms with Gasteiger partial charge in [-0.2, -0.15) is 0 Å². The molecule has 3 rings (SSSR count). The molecule has 2 N–H and O–H groups in total. The van der Waals surface area contributed by atoms with Gasteiger partial charge in [-0.05, 0) is 30.7 Å². The number of para-hydroxylation sites is 2. The van der Waals surface area contributed by atoms with Crippen molar-refractivity contribution in [3.05, 3.63) is 53.9 Å². The maximum Gasteiger partial charge on any atom is 0.258 e. The Morgan fingerprint density at radius 2 is 2.19 bits per heavy atom. The summed E-state index contributed by atoms with van der Waals surface area (Å²) in [5.74, 6) is 0.696. The first-order valence-corrected chi connectivity index (χ1v) is 6.98. The number of carbonyl (C=O) groups is 1. The molecule has 0 atom stereocenters. The van der Waals surface area contributed by atoms with Gasteiger partial charge < -0.3 is 15.4 Å². The van der Waals surface area contributed by atoms with Crippen LogP contribution in [-0.2, 0) is 6.54 Å². The summed E-state index contributed by atoms with van der Waals surface area (Å²) in [7, 11) is 0. The van der Waals surface area contributed by atoms with Crippen LogP contribution >= 0.6 is 0 Å². The van der Waals surface area contributed by atoms with Crippen LogP contribution in [0.2, 0.25) is 0 Å². The predicted molar refractivity (Wildman–Crippen MR) is 80.4 cm³/mol. The summed E-state index contributed by atoms with van der Waals surface area (Å²) in [5.41, 5.74) is 7.71. The molecule has 5 heteroatoms. The lowest BCUT2D eigenvalue weighted by molar-refractivity contribution is 0.0987. The van der Waals surface area contributed by atoms with Crippen LogP contribution in [0.3, 0.4) is 0 Å². The van der Waals surface area contributed by atoms with Gasteiger partial charge in [0.25, 0.3) is 5.91 Å². The number of aromatic nitrogens is 1. The van der Waals surface area contributed by atoms with Gasteiger partial charge in [-0.3, -0.25) is 9.78 Å². The van der Waals surface area contributed by atoms with Gasteiger partial charge in [-0.1, -0.05) is 12.1 Å². The molecule has 1 amide bonds. The molecule has 0 fully saturated rings. The molecule has 0 bridgehead atoms. The number of amides is 1. The molecule has 2 aromatic rings. The van der Waals surface area contributed by atoms with E-state index in [0.717, 1.165) is 17.9 Å². The molecule has 0 saturated heterocycles. The Kier molecular flexibility index (Phi) is 3.83. The molecular formula is C16H17N3O2. The summed E-state index contributed by atoms with van der Waals surface area (Å²) >= 11 is 0. The van der Waals surface area contributed by atoms with Crippen molar-refractivity contribution in [2.24, 2.45) is 5.73 Å². The van der Waals surface area contributed by atoms with E-state index in [1.807, 2.05) is 24.3 Å². The largest absolute Gasteiger partial charge is 0.491 e. The van der Waals surface area contributed by atoms with E-state index in [4.69, 9.17) is 10.5 Å². The number of ether oxygens (including phenoxy) is 1. The van der Waals surface area contributed by atoms with Gasteiger partial charge in [-0.15, -0.1) is 0 Å². The van der Waals surface area contributed by atoms with Crippen molar-refractivity contribution in [3.63, 3.8) is 0 Å². The molecule has 0 aliphatic carbocycles. The van der Waals surface area contributed by atoms with Gasteiger partial charge in [0.2, 0.25) is 0 Å². The number of carbonyl (C=O) groups excluding carboxylic acids is 1. The van der Waals surface area contributed by atoms with Crippen LogP contribution in [0.15, 0.2) is 42.6 Å². The smallest absolute Gasteiger partial charge is 0.258 e. The van der Waals surface area contributed by atoms with Gasteiger partial charge >= 0.3 is 0 Å². The zero-order chi connectivity index (χ0) is 14.7. The van der Waals surface area contributed by atoms with Crippen LogP contribution in [0.4, 0.5) is 5.69 Å². The van der Waals surface area contributed by atoms with Crippen molar-refractivity contribution in [2.75, 3.05) is 18.1 Å². The Labute approximate surface area is 123 Å². The quantitative estimate of drug-likeness (QED) is 0.915. The Morgan fingerprint density at radius 1 is 1.33 bits per heavy atom. The van der Waals surface area contributed by atoms with Crippen molar-refractivity contribution < 1.29 is 9.53 Å². The van der Waals surface area contributed by atoms with Crippen molar-refractivity contribution in [3.8, 4) is 5.75 Å². The highest BCUT2D eigenvalue weighted by molar-refractivity contribution is 6.06. The first-order chi connectivity index (χ1) is 10.3. The summed E-state index contributed by atoms with van der Waals surface area (Å²) < 4.78 is 5.68. The van der Waals surface area contributed by atoms with E-state index in [-0.39, 0.29) is 5.91 Å². The van der Waals surface area contributed by atoms with E-state index in [1.165, 1.54) is 0 Å². The standard InChI is InChI=1S/C16H17N3O2/c17-11-13-10-12(6-7-18-13)16(20)19-8-3-9-21-15-5-2-1-4-14(15)19/h1-2,4-7,10H,3,8-9,11,17H2. The first kappa shape index (κ1) is 13.6. The third kappa shape index (κ3) is 2.73. The molecule has 1 aromatic carbocycles. The Hall–Kier alpha value is -2.40. The Morgan fingerprint density at radius 3 is 3.05 bits per heavy atom. The fourth-order valence-corrected chi connectivity index (χ4v) is 2.42. The molecule has 108 valence electrons. The van der Waals surface area contributed by atoms with Crippen LogP contribution < -0.4 is 15.4 Å². The molecule has 0 saturated carbocycles. The minimum atomic E-state index is -0.0509. The summed E-state index contributed by atoms with van der Waals surface area (Å²) in [6, 6.07) is 11.1. The van der Waals surface area contributed by atoms with E-state index in [9.17, 15) is 4.79 Å². The molecule has 1 aliphatic heterocycles. The van der Waals surface area contributed by atoms with Crippen molar-refractivity contribution in [2.45, 2.75) is 13.0 Å². The third-order valence-corrected chi connectivity index (χ3v) is 3.46. The summed E-state index contributed by atoms with van der Waals surface area (Å²) in [4.78, 5) is 18.7. The molecule has 5 nitrogen and oxygen atoms in total. The van der Waals surface area contributed by atoms with Crippen molar-refractivity contribution in [1.82, 2.24) is 4.98 Å². The molecule has 0 unspecified atom stereocenters. The Bertz CT molecular complexity index is 657. The van der Waals surface area contributed by atoms with Crippen LogP contribution in [0.25, 0.3) is 0 Å². The molecule has 2 heterocycles. The summed E-state index contributed by atoms with van der Waals surface area (Å²) in [5, 5.41) is 0. The molecule has 1 aliphatic rings. The van der Waals surface area contributed by atoms with Gasteiger partial charge in [0, 0.05) is 24.8 Å². The average molecular weight is 283 g/mol. The minimum absolute atomic E-state index is 0.0509. The molecule has 21 heavy (non-hydrogen) atoms. The van der Waals surface area contributed by atoms with E-state index in [2.05, 4.69) is 4.98 Å². The molecule has 1 aromatic heterocycles. The van der Waals surface area contributed by atoms with Crippen molar-refractivity contribution >= 4 is 11.6 Å². The number of hydrogen-bond donors (Lipinski definition) is 1. The van der Waals surface area contributed by atoms with E-state index in [1.54, 1.807) is 23.2 Å². The fourth-order valence-electron chi connectivity index (χ4n) is 2.42. The number of fused-ring (bicyclic) bond motifs is 1. The third-order valence-electron chi connectivity index (χ3n) is 3.46. The zero-order valence-corrected chi connectivity index (χ0v) is 11.7. The lowest BCUT2D eigenvalue weighted by atomic mass is 10.1. The van der Waals surface area contributed by atoms with Gasteiger partial charge in [0.15, 0.2) is 0 Å². The van der Waals surface area contributed by atoms with Crippen LogP contribution in [0, 0.1) is 0 Å². The molecular weight excluding hydrogens is 266 g/mol. The highest BCUT2D eigenvalue weighted by Gasteiger charge is 2.23. The van der Waals surface area contributed by atoms with E-state index < -0.39 is 0 Å². The predicted octanol–water partition coefficient (Wildman–Crippen LogP) is 1.97. The SMILES string of the molecule is NCc1cc(C(=O)N2CCCOc3ccccc32)ccn1. The normalized spacial score (nSPS) is 14.0. The average Bonchev–Trinajstić information content (AvgIpc) is 2.76. The highest BCUT2D eigenvalue weighted by Crippen LogP contribution is 2.31. The summed E-state index contributed by atoms with van der Waals surface area (Å²) in [6.07, 6.45) is 2.42. The first-order valence-electron chi connectivity index (χ1n) is 6.98. The minimum Gasteiger partial charge on any atom is -0.491 e. The number of nitrogens with zero attached hydrogens (tertiary/aromatic N) is 2. The van der Waals surface area contributed by atoms with Gasteiger partial charge in [-0.25, -0.2) is 0 Å². The van der Waals surface area contributed by atoms with Crippen LogP contribution in [0.1, 0.15) is 22.5 Å². The molecule has 0 radical (unpaired) electrons. The molecule has 0 spiro atoms. The fraction of sp³-hybridized carbons (Fsp3) is 0.250. The number of rotatable bonds is 2. The van der Waals surface area contributed by atoms with Crippen molar-refractivity contribution in [1.29, 1.82) is 0 Å². The number of nitrogens with two attached hydrogens (primary N) is 1. The number of benzene rings is 1. The number of pyridine rings is 1. The highest BCUT2D eigenvalue weighted by atomic mass is 16.5. The monoisotopic (exact) mass is 283 g/mol. The van der Waals surface area contributed by atoms with E-state index in [0.29, 0.717) is 31.0 Å². The van der Waals surface area contributed by atoms with Crippen LogP contribution in [-0.4, -0.2) is 24.0 Å². The lowest BCUT2D eigenvalue weighted by Gasteiger charge is -2.21. The second kappa shape index (κ2) is 5.93. The second-order valence-corrected chi connectivity index (χ2v) is 4.87. The zero-order valence-electron chi connectivity index (χ0n) is 11.7. The van der Waals surface area contributed by atoms with Gasteiger partial charge in [0.05, 0.1) is 18.0 Å². The number of hydrogen-bond acceptors (Lipinski definition) is 4. The second-order valence-electron chi connectivity index (χ2n) is 4.87. The number of anilines is 1. The maximum absolute atomic E-state index is 12.8. The lowest BCUT2D eigenvalue weighted by Crippen LogP contribution is -2.31.